The zero-order chi connectivity index (χ0) is 13.9. The Morgan fingerprint density at radius 2 is 1.89 bits per heavy atom. The SMILES string of the molecule is CN(C)C=CC(=O)c1cc(C(F)(F)F)ccc1F. The van der Waals surface area contributed by atoms with Gasteiger partial charge in [-0.25, -0.2) is 4.39 Å². The van der Waals surface area contributed by atoms with Gasteiger partial charge in [0.05, 0.1) is 11.1 Å². The number of rotatable bonds is 3. The van der Waals surface area contributed by atoms with Crippen LogP contribution in [0.3, 0.4) is 0 Å². The van der Waals surface area contributed by atoms with Gasteiger partial charge in [0.15, 0.2) is 5.78 Å². The van der Waals surface area contributed by atoms with Gasteiger partial charge in [-0.05, 0) is 18.2 Å². The van der Waals surface area contributed by atoms with Crippen LogP contribution in [0.5, 0.6) is 0 Å². The summed E-state index contributed by atoms with van der Waals surface area (Å²) in [6, 6.07) is 1.75. The molecule has 0 saturated carbocycles. The van der Waals surface area contributed by atoms with Crippen LogP contribution in [0.4, 0.5) is 17.6 Å². The van der Waals surface area contributed by atoms with E-state index in [0.717, 1.165) is 6.08 Å². The average Bonchev–Trinajstić information content (AvgIpc) is 2.24. The number of hydrogen-bond donors (Lipinski definition) is 0. The molecule has 1 aromatic carbocycles. The summed E-state index contributed by atoms with van der Waals surface area (Å²) >= 11 is 0. The van der Waals surface area contributed by atoms with Crippen LogP contribution in [0.2, 0.25) is 0 Å². The summed E-state index contributed by atoms with van der Waals surface area (Å²) in [4.78, 5) is 13.0. The first kappa shape index (κ1) is 14.2. The molecule has 2 nitrogen and oxygen atoms in total. The van der Waals surface area contributed by atoms with Crippen LogP contribution in [-0.4, -0.2) is 24.8 Å². The summed E-state index contributed by atoms with van der Waals surface area (Å²) in [5.74, 6) is -1.79. The fourth-order valence-corrected chi connectivity index (χ4v) is 1.20. The van der Waals surface area contributed by atoms with Gasteiger partial charge < -0.3 is 4.90 Å². The molecule has 0 saturated heterocycles. The van der Waals surface area contributed by atoms with Gasteiger partial charge in [-0.2, -0.15) is 13.2 Å². The molecule has 0 fully saturated rings. The first-order valence-electron chi connectivity index (χ1n) is 4.97. The van der Waals surface area contributed by atoms with Gasteiger partial charge in [0.25, 0.3) is 0 Å². The molecule has 0 bridgehead atoms. The lowest BCUT2D eigenvalue weighted by Gasteiger charge is -2.08. The Morgan fingerprint density at radius 3 is 2.39 bits per heavy atom. The van der Waals surface area contributed by atoms with Crippen molar-refractivity contribution >= 4 is 5.78 Å². The Labute approximate surface area is 102 Å². The average molecular weight is 261 g/mol. The molecular weight excluding hydrogens is 250 g/mol. The Morgan fingerprint density at radius 1 is 1.28 bits per heavy atom. The molecule has 1 rings (SSSR count). The van der Waals surface area contributed by atoms with Gasteiger partial charge in [-0.1, -0.05) is 0 Å². The number of halogens is 4. The second-order valence-corrected chi connectivity index (χ2v) is 3.84. The number of benzene rings is 1. The number of carbonyl (C=O) groups is 1. The molecule has 98 valence electrons. The summed E-state index contributed by atoms with van der Waals surface area (Å²) in [6.07, 6.45) is -2.26. The molecule has 0 aliphatic heterocycles. The van der Waals surface area contributed by atoms with Crippen LogP contribution in [0.1, 0.15) is 15.9 Å². The first-order valence-corrected chi connectivity index (χ1v) is 4.97. The molecular formula is C12H11F4NO. The van der Waals surface area contributed by atoms with E-state index in [1.807, 2.05) is 0 Å². The third kappa shape index (κ3) is 3.58. The van der Waals surface area contributed by atoms with E-state index in [4.69, 9.17) is 0 Å². The van der Waals surface area contributed by atoms with Crippen molar-refractivity contribution in [3.05, 3.63) is 47.4 Å². The Hall–Kier alpha value is -1.85. The first-order chi connectivity index (χ1) is 8.21. The normalized spacial score (nSPS) is 11.9. The van der Waals surface area contributed by atoms with Crippen molar-refractivity contribution in [1.82, 2.24) is 4.90 Å². The molecule has 0 radical (unpaired) electrons. The van der Waals surface area contributed by atoms with E-state index in [9.17, 15) is 22.4 Å². The van der Waals surface area contributed by atoms with Crippen LogP contribution in [0, 0.1) is 5.82 Å². The van der Waals surface area contributed by atoms with E-state index in [-0.39, 0.29) is 0 Å². The minimum atomic E-state index is -4.60. The van der Waals surface area contributed by atoms with Gasteiger partial charge in [0.1, 0.15) is 5.82 Å². The van der Waals surface area contributed by atoms with Crippen LogP contribution in [0.15, 0.2) is 30.5 Å². The van der Waals surface area contributed by atoms with Crippen molar-refractivity contribution in [1.29, 1.82) is 0 Å². The minimum Gasteiger partial charge on any atom is -0.383 e. The standard InChI is InChI=1S/C12H11F4NO/c1-17(2)6-5-11(18)9-7-8(12(14,15)16)3-4-10(9)13/h3-7H,1-2H3. The number of hydrogen-bond acceptors (Lipinski definition) is 2. The molecule has 0 heterocycles. The monoisotopic (exact) mass is 261 g/mol. The number of nitrogens with zero attached hydrogens (tertiary/aromatic N) is 1. The smallest absolute Gasteiger partial charge is 0.383 e. The lowest BCUT2D eigenvalue weighted by atomic mass is 10.1. The van der Waals surface area contributed by atoms with Crippen molar-refractivity contribution in [2.45, 2.75) is 6.18 Å². The molecule has 0 amide bonds. The quantitative estimate of drug-likeness (QED) is 0.473. The number of ketones is 1. The summed E-state index contributed by atoms with van der Waals surface area (Å²) < 4.78 is 50.5. The van der Waals surface area contributed by atoms with Gasteiger partial charge in [0.2, 0.25) is 0 Å². The van der Waals surface area contributed by atoms with Gasteiger partial charge >= 0.3 is 6.18 Å². The van der Waals surface area contributed by atoms with Gasteiger partial charge in [-0.3, -0.25) is 4.79 Å². The van der Waals surface area contributed by atoms with Crippen molar-refractivity contribution in [2.24, 2.45) is 0 Å². The second kappa shape index (κ2) is 5.20. The Bertz CT molecular complexity index is 477. The van der Waals surface area contributed by atoms with Crippen molar-refractivity contribution in [3.63, 3.8) is 0 Å². The number of alkyl halides is 3. The van der Waals surface area contributed by atoms with Gasteiger partial charge in [0, 0.05) is 26.4 Å². The Balaban J connectivity index is 3.12. The third-order valence-corrected chi connectivity index (χ3v) is 2.08. The van der Waals surface area contributed by atoms with Crippen LogP contribution >= 0.6 is 0 Å². The lowest BCUT2D eigenvalue weighted by Crippen LogP contribution is -2.09. The van der Waals surface area contributed by atoms with E-state index in [1.165, 1.54) is 11.1 Å². The van der Waals surface area contributed by atoms with Crippen molar-refractivity contribution < 1.29 is 22.4 Å². The van der Waals surface area contributed by atoms with Gasteiger partial charge in [-0.15, -0.1) is 0 Å². The maximum atomic E-state index is 13.3. The summed E-state index contributed by atoms with van der Waals surface area (Å²) in [5, 5.41) is 0. The molecule has 18 heavy (non-hydrogen) atoms. The van der Waals surface area contributed by atoms with Crippen LogP contribution in [0.25, 0.3) is 0 Å². The highest BCUT2D eigenvalue weighted by Crippen LogP contribution is 2.30. The maximum Gasteiger partial charge on any atom is 0.416 e. The molecule has 0 unspecified atom stereocenters. The highest BCUT2D eigenvalue weighted by molar-refractivity contribution is 6.04. The third-order valence-electron chi connectivity index (χ3n) is 2.08. The molecule has 0 atom stereocenters. The molecule has 0 aromatic heterocycles. The zero-order valence-electron chi connectivity index (χ0n) is 9.75. The van der Waals surface area contributed by atoms with E-state index < -0.39 is 28.9 Å². The van der Waals surface area contributed by atoms with E-state index in [2.05, 4.69) is 0 Å². The highest BCUT2D eigenvalue weighted by atomic mass is 19.4. The van der Waals surface area contributed by atoms with Crippen LogP contribution in [-0.2, 0) is 6.18 Å². The Kier molecular flexibility index (Phi) is 4.11. The largest absolute Gasteiger partial charge is 0.416 e. The highest BCUT2D eigenvalue weighted by Gasteiger charge is 2.31. The summed E-state index contributed by atoms with van der Waals surface area (Å²) in [6.45, 7) is 0. The number of carbonyl (C=O) groups excluding carboxylic acids is 1. The summed E-state index contributed by atoms with van der Waals surface area (Å²) in [5.41, 5.74) is -1.64. The second-order valence-electron chi connectivity index (χ2n) is 3.84. The molecule has 0 N–H and O–H groups in total. The predicted molar refractivity (Wildman–Crippen MR) is 58.6 cm³/mol. The molecule has 0 spiro atoms. The molecule has 1 aromatic rings. The van der Waals surface area contributed by atoms with Crippen molar-refractivity contribution in [2.75, 3.05) is 14.1 Å². The topological polar surface area (TPSA) is 20.3 Å². The number of allylic oxidation sites excluding steroid dienone is 1. The van der Waals surface area contributed by atoms with E-state index in [0.29, 0.717) is 18.2 Å². The zero-order valence-corrected chi connectivity index (χ0v) is 9.75. The summed E-state index contributed by atoms with van der Waals surface area (Å²) in [7, 11) is 3.26. The molecule has 0 aliphatic carbocycles. The van der Waals surface area contributed by atoms with Crippen molar-refractivity contribution in [3.8, 4) is 0 Å². The maximum absolute atomic E-state index is 13.3. The lowest BCUT2D eigenvalue weighted by molar-refractivity contribution is -0.137. The fraction of sp³-hybridized carbons (Fsp3) is 0.250. The fourth-order valence-electron chi connectivity index (χ4n) is 1.20. The predicted octanol–water partition coefficient (Wildman–Crippen LogP) is 3.10. The van der Waals surface area contributed by atoms with Crippen LogP contribution < -0.4 is 0 Å². The van der Waals surface area contributed by atoms with E-state index in [1.54, 1.807) is 14.1 Å². The molecule has 0 aliphatic rings. The molecule has 6 heteroatoms. The van der Waals surface area contributed by atoms with E-state index >= 15 is 0 Å². The minimum absolute atomic E-state index is 0.512.